The number of aromatic nitrogens is 2. The van der Waals surface area contributed by atoms with E-state index in [4.69, 9.17) is 16.3 Å². The number of hydrogen-bond donors (Lipinski definition) is 2. The van der Waals surface area contributed by atoms with Crippen LogP contribution in [0.4, 0.5) is 28.8 Å². The van der Waals surface area contributed by atoms with Gasteiger partial charge in [0.05, 0.1) is 13.2 Å². The first-order chi connectivity index (χ1) is 16.9. The third-order valence-corrected chi connectivity index (χ3v) is 5.90. The zero-order valence-electron chi connectivity index (χ0n) is 20.3. The van der Waals surface area contributed by atoms with Gasteiger partial charge in [-0.05, 0) is 48.4 Å². The molecule has 0 saturated carbocycles. The first-order valence-corrected chi connectivity index (χ1v) is 12.1. The Morgan fingerprint density at radius 2 is 1.97 bits per heavy atom. The lowest BCUT2D eigenvalue weighted by Crippen LogP contribution is -2.36. The van der Waals surface area contributed by atoms with E-state index in [1.165, 1.54) is 0 Å². The average molecular weight is 495 g/mol. The monoisotopic (exact) mass is 494 g/mol. The standard InChI is InChI=1S/C26H31ClN6O2/c1-18(2)17-29-25(34)19-13-21(16-23(14-19)33-9-11-35-12-10-33)30-26-28-8-7-24(31-26)32(3)22-6-4-5-20(27)15-22/h4-8,13-16,18H,9-12,17H2,1-3H3,(H,29,34)(H,28,30,31). The van der Waals surface area contributed by atoms with Crippen LogP contribution in [-0.2, 0) is 4.74 Å². The van der Waals surface area contributed by atoms with E-state index in [0.717, 1.165) is 30.2 Å². The highest BCUT2D eigenvalue weighted by Crippen LogP contribution is 2.28. The van der Waals surface area contributed by atoms with Gasteiger partial charge in [0.2, 0.25) is 5.95 Å². The number of morpholine rings is 1. The smallest absolute Gasteiger partial charge is 0.251 e. The molecule has 0 atom stereocenters. The Labute approximate surface area is 211 Å². The van der Waals surface area contributed by atoms with Crippen molar-refractivity contribution in [3.8, 4) is 0 Å². The lowest BCUT2D eigenvalue weighted by Gasteiger charge is -2.29. The van der Waals surface area contributed by atoms with E-state index >= 15 is 0 Å². The fraction of sp³-hybridized carbons (Fsp3) is 0.346. The zero-order chi connectivity index (χ0) is 24.8. The molecular weight excluding hydrogens is 464 g/mol. The summed E-state index contributed by atoms with van der Waals surface area (Å²) in [5.41, 5.74) is 3.20. The van der Waals surface area contributed by atoms with Gasteiger partial charge >= 0.3 is 0 Å². The maximum atomic E-state index is 12.9. The molecule has 1 aliphatic heterocycles. The summed E-state index contributed by atoms with van der Waals surface area (Å²) >= 11 is 6.16. The van der Waals surface area contributed by atoms with Gasteiger partial charge in [0.1, 0.15) is 5.82 Å². The number of ether oxygens (including phenoxy) is 1. The van der Waals surface area contributed by atoms with Crippen molar-refractivity contribution in [3.63, 3.8) is 0 Å². The molecule has 1 aliphatic rings. The molecule has 35 heavy (non-hydrogen) atoms. The van der Waals surface area contributed by atoms with Crippen molar-refractivity contribution >= 4 is 46.3 Å². The van der Waals surface area contributed by atoms with Crippen LogP contribution < -0.4 is 20.4 Å². The Hall–Kier alpha value is -3.36. The molecule has 4 rings (SSSR count). The maximum absolute atomic E-state index is 12.9. The molecule has 1 aromatic heterocycles. The molecule has 3 aromatic rings. The fourth-order valence-corrected chi connectivity index (χ4v) is 3.94. The van der Waals surface area contributed by atoms with Crippen molar-refractivity contribution in [3.05, 3.63) is 65.3 Å². The predicted octanol–water partition coefficient (Wildman–Crippen LogP) is 4.86. The molecule has 9 heteroatoms. The highest BCUT2D eigenvalue weighted by atomic mass is 35.5. The number of anilines is 5. The van der Waals surface area contributed by atoms with Crippen molar-refractivity contribution < 1.29 is 9.53 Å². The molecule has 0 radical (unpaired) electrons. The Morgan fingerprint density at radius 1 is 1.17 bits per heavy atom. The van der Waals surface area contributed by atoms with Crippen molar-refractivity contribution in [1.29, 1.82) is 0 Å². The van der Waals surface area contributed by atoms with Gasteiger partial charge in [-0.1, -0.05) is 31.5 Å². The van der Waals surface area contributed by atoms with Crippen LogP contribution in [0.1, 0.15) is 24.2 Å². The molecule has 0 aliphatic carbocycles. The molecule has 2 N–H and O–H groups in total. The summed E-state index contributed by atoms with van der Waals surface area (Å²) in [6, 6.07) is 15.2. The van der Waals surface area contributed by atoms with Gasteiger partial charge in [0, 0.05) is 60.5 Å². The van der Waals surface area contributed by atoms with Crippen LogP contribution in [0.3, 0.4) is 0 Å². The minimum absolute atomic E-state index is 0.104. The first kappa shape index (κ1) is 24.8. The summed E-state index contributed by atoms with van der Waals surface area (Å²) in [5.74, 6) is 1.41. The van der Waals surface area contributed by atoms with Crippen LogP contribution in [0.5, 0.6) is 0 Å². The number of amides is 1. The second-order valence-corrected chi connectivity index (χ2v) is 9.31. The number of nitrogens with zero attached hydrogens (tertiary/aromatic N) is 4. The van der Waals surface area contributed by atoms with Gasteiger partial charge in [0.25, 0.3) is 5.91 Å². The molecule has 2 aromatic carbocycles. The highest BCUT2D eigenvalue weighted by molar-refractivity contribution is 6.30. The van der Waals surface area contributed by atoms with Crippen molar-refractivity contribution in [2.45, 2.75) is 13.8 Å². The molecule has 1 amide bonds. The summed E-state index contributed by atoms with van der Waals surface area (Å²) in [7, 11) is 1.92. The second-order valence-electron chi connectivity index (χ2n) is 8.87. The van der Waals surface area contributed by atoms with E-state index in [1.807, 2.05) is 60.5 Å². The van der Waals surface area contributed by atoms with E-state index in [1.54, 1.807) is 6.20 Å². The van der Waals surface area contributed by atoms with Gasteiger partial charge in [-0.2, -0.15) is 4.98 Å². The maximum Gasteiger partial charge on any atom is 0.251 e. The topological polar surface area (TPSA) is 82.6 Å². The summed E-state index contributed by atoms with van der Waals surface area (Å²) in [6.07, 6.45) is 1.70. The molecular formula is C26H31ClN6O2. The summed E-state index contributed by atoms with van der Waals surface area (Å²) < 4.78 is 5.50. The minimum Gasteiger partial charge on any atom is -0.378 e. The van der Waals surface area contributed by atoms with Crippen molar-refractivity contribution in [2.75, 3.05) is 55.0 Å². The van der Waals surface area contributed by atoms with Crippen LogP contribution in [0, 0.1) is 5.92 Å². The number of nitrogens with one attached hydrogen (secondary N) is 2. The second kappa shape index (κ2) is 11.4. The third-order valence-electron chi connectivity index (χ3n) is 5.66. The van der Waals surface area contributed by atoms with Crippen LogP contribution in [0.15, 0.2) is 54.7 Å². The van der Waals surface area contributed by atoms with Gasteiger partial charge in [-0.15, -0.1) is 0 Å². The number of rotatable bonds is 8. The molecule has 8 nitrogen and oxygen atoms in total. The largest absolute Gasteiger partial charge is 0.378 e. The highest BCUT2D eigenvalue weighted by Gasteiger charge is 2.16. The van der Waals surface area contributed by atoms with E-state index in [9.17, 15) is 4.79 Å². The molecule has 1 fully saturated rings. The normalized spacial score (nSPS) is 13.6. The van der Waals surface area contributed by atoms with Gasteiger partial charge in [0.15, 0.2) is 0 Å². The Kier molecular flexibility index (Phi) is 8.05. The summed E-state index contributed by atoms with van der Waals surface area (Å²) in [6.45, 7) is 7.62. The first-order valence-electron chi connectivity index (χ1n) is 11.7. The minimum atomic E-state index is -0.104. The van der Waals surface area contributed by atoms with E-state index in [0.29, 0.717) is 48.0 Å². The van der Waals surface area contributed by atoms with Crippen molar-refractivity contribution in [2.24, 2.45) is 5.92 Å². The molecule has 0 spiro atoms. The Morgan fingerprint density at radius 3 is 2.71 bits per heavy atom. The SMILES string of the molecule is CC(C)CNC(=O)c1cc(Nc2nccc(N(C)c3cccc(Cl)c3)n2)cc(N2CCOCC2)c1. The van der Waals surface area contributed by atoms with E-state index in [2.05, 4.69) is 39.3 Å². The van der Waals surface area contributed by atoms with Crippen LogP contribution in [0.2, 0.25) is 5.02 Å². The number of carbonyl (C=O) groups excluding carboxylic acids is 1. The number of hydrogen-bond acceptors (Lipinski definition) is 7. The lowest BCUT2D eigenvalue weighted by molar-refractivity contribution is 0.0949. The summed E-state index contributed by atoms with van der Waals surface area (Å²) in [4.78, 5) is 26.1. The van der Waals surface area contributed by atoms with Gasteiger partial charge < -0.3 is 25.2 Å². The number of carbonyl (C=O) groups is 1. The van der Waals surface area contributed by atoms with E-state index in [-0.39, 0.29) is 5.91 Å². The van der Waals surface area contributed by atoms with Crippen molar-refractivity contribution in [1.82, 2.24) is 15.3 Å². The van der Waals surface area contributed by atoms with Crippen LogP contribution in [0.25, 0.3) is 0 Å². The summed E-state index contributed by atoms with van der Waals surface area (Å²) in [5, 5.41) is 6.95. The Balaban J connectivity index is 1.60. The molecule has 0 unspecified atom stereocenters. The van der Waals surface area contributed by atoms with Crippen LogP contribution in [-0.4, -0.2) is 55.8 Å². The van der Waals surface area contributed by atoms with Gasteiger partial charge in [-0.25, -0.2) is 4.98 Å². The third kappa shape index (κ3) is 6.61. The fourth-order valence-electron chi connectivity index (χ4n) is 3.76. The number of benzene rings is 2. The van der Waals surface area contributed by atoms with Gasteiger partial charge in [-0.3, -0.25) is 4.79 Å². The zero-order valence-corrected chi connectivity index (χ0v) is 21.0. The van der Waals surface area contributed by atoms with Crippen LogP contribution >= 0.6 is 11.6 Å². The molecule has 184 valence electrons. The lowest BCUT2D eigenvalue weighted by atomic mass is 10.1. The average Bonchev–Trinajstić information content (AvgIpc) is 2.87. The molecule has 1 saturated heterocycles. The quantitative estimate of drug-likeness (QED) is 0.462. The Bertz CT molecular complexity index is 1170. The van der Waals surface area contributed by atoms with E-state index < -0.39 is 0 Å². The molecule has 2 heterocycles. The predicted molar refractivity (Wildman–Crippen MR) is 141 cm³/mol. The number of halogens is 1. The molecule has 0 bridgehead atoms.